The van der Waals surface area contributed by atoms with Gasteiger partial charge in [-0.3, -0.25) is 4.90 Å². The summed E-state index contributed by atoms with van der Waals surface area (Å²) in [6, 6.07) is 15.2. The molecule has 0 unspecified atom stereocenters. The molecule has 0 atom stereocenters. The zero-order chi connectivity index (χ0) is 13.8. The maximum absolute atomic E-state index is 8.90. The van der Waals surface area contributed by atoms with Crippen LogP contribution in [0.4, 0.5) is 0 Å². The van der Waals surface area contributed by atoms with Crippen molar-refractivity contribution in [3.05, 3.63) is 54.1 Å². The molecule has 2 aromatic rings. The molecule has 2 nitrogen and oxygen atoms in total. The van der Waals surface area contributed by atoms with Crippen molar-refractivity contribution in [3.63, 3.8) is 0 Å². The highest BCUT2D eigenvalue weighted by Crippen LogP contribution is 2.29. The van der Waals surface area contributed by atoms with Gasteiger partial charge in [-0.25, -0.2) is 0 Å². The molecule has 0 saturated carbocycles. The van der Waals surface area contributed by atoms with E-state index in [2.05, 4.69) is 53.4 Å². The number of aliphatic hydroxyl groups excluding tert-OH is 1. The molecule has 3 rings (SSSR count). The molecular formula is C18H21NO. The zero-order valence-electron chi connectivity index (χ0n) is 11.8. The van der Waals surface area contributed by atoms with Crippen molar-refractivity contribution in [2.75, 3.05) is 26.2 Å². The Morgan fingerprint density at radius 2 is 1.90 bits per heavy atom. The monoisotopic (exact) mass is 267 g/mol. The first-order chi connectivity index (χ1) is 9.88. The molecule has 0 bridgehead atoms. The number of hydrogen-bond acceptors (Lipinski definition) is 2. The minimum Gasteiger partial charge on any atom is -0.396 e. The lowest BCUT2D eigenvalue weighted by Gasteiger charge is -2.26. The lowest BCUT2D eigenvalue weighted by Crippen LogP contribution is -2.29. The highest BCUT2D eigenvalue weighted by molar-refractivity contribution is 5.94. The Hall–Kier alpha value is -1.64. The van der Waals surface area contributed by atoms with Crippen LogP contribution in [0, 0.1) is 0 Å². The van der Waals surface area contributed by atoms with E-state index in [1.165, 1.54) is 21.9 Å². The van der Waals surface area contributed by atoms with Crippen LogP contribution in [0.15, 0.2) is 48.5 Å². The first-order valence-corrected chi connectivity index (χ1v) is 7.39. The molecular weight excluding hydrogens is 246 g/mol. The van der Waals surface area contributed by atoms with E-state index in [1.54, 1.807) is 0 Å². The third-order valence-corrected chi connectivity index (χ3v) is 4.06. The average Bonchev–Trinajstić information content (AvgIpc) is 2.53. The van der Waals surface area contributed by atoms with Crippen molar-refractivity contribution in [2.45, 2.75) is 12.8 Å². The maximum Gasteiger partial charge on any atom is 0.0443 e. The minimum atomic E-state index is 0.288. The first-order valence-electron chi connectivity index (χ1n) is 7.39. The molecule has 20 heavy (non-hydrogen) atoms. The Kier molecular flexibility index (Phi) is 4.14. The van der Waals surface area contributed by atoms with E-state index >= 15 is 0 Å². The SMILES string of the molecule is OCCCN1CC=C(c2cccc3ccccc23)CC1. The topological polar surface area (TPSA) is 23.5 Å². The number of aliphatic hydroxyl groups is 1. The Labute approximate surface area is 120 Å². The van der Waals surface area contributed by atoms with Crippen molar-refractivity contribution in [1.82, 2.24) is 4.90 Å². The Bertz CT molecular complexity index is 612. The van der Waals surface area contributed by atoms with Gasteiger partial charge < -0.3 is 5.11 Å². The molecule has 0 aliphatic carbocycles. The van der Waals surface area contributed by atoms with Gasteiger partial charge in [0.2, 0.25) is 0 Å². The molecule has 1 N–H and O–H groups in total. The summed E-state index contributed by atoms with van der Waals surface area (Å²) >= 11 is 0. The standard InChI is InChI=1S/C18H21NO/c20-14-4-11-19-12-9-16(10-13-19)18-8-3-6-15-5-1-2-7-17(15)18/h1-3,5-9,20H,4,10-14H2. The first kappa shape index (κ1) is 13.3. The van der Waals surface area contributed by atoms with Crippen LogP contribution in [0.2, 0.25) is 0 Å². The Morgan fingerprint density at radius 3 is 2.70 bits per heavy atom. The summed E-state index contributed by atoms with van der Waals surface area (Å²) in [5.41, 5.74) is 2.84. The van der Waals surface area contributed by atoms with Crippen LogP contribution in [0.5, 0.6) is 0 Å². The predicted molar refractivity (Wildman–Crippen MR) is 84.7 cm³/mol. The number of benzene rings is 2. The van der Waals surface area contributed by atoms with Gasteiger partial charge in [0, 0.05) is 26.2 Å². The second kappa shape index (κ2) is 6.21. The predicted octanol–water partition coefficient (Wildman–Crippen LogP) is 3.31. The molecule has 1 aliphatic rings. The zero-order valence-corrected chi connectivity index (χ0v) is 11.8. The van der Waals surface area contributed by atoms with Gasteiger partial charge in [0.1, 0.15) is 0 Å². The third kappa shape index (κ3) is 2.77. The van der Waals surface area contributed by atoms with Gasteiger partial charge in [0.05, 0.1) is 0 Å². The summed E-state index contributed by atoms with van der Waals surface area (Å²) < 4.78 is 0. The summed E-state index contributed by atoms with van der Waals surface area (Å²) in [6.45, 7) is 3.37. The summed E-state index contributed by atoms with van der Waals surface area (Å²) in [5, 5.41) is 11.6. The van der Waals surface area contributed by atoms with Crippen LogP contribution in [0.1, 0.15) is 18.4 Å². The van der Waals surface area contributed by atoms with Crippen LogP contribution >= 0.6 is 0 Å². The molecule has 1 heterocycles. The summed E-state index contributed by atoms with van der Waals surface area (Å²) in [5.74, 6) is 0. The molecule has 0 amide bonds. The fraction of sp³-hybridized carbons (Fsp3) is 0.333. The highest BCUT2D eigenvalue weighted by Gasteiger charge is 2.13. The number of nitrogens with zero attached hydrogens (tertiary/aromatic N) is 1. The van der Waals surface area contributed by atoms with Crippen molar-refractivity contribution in [3.8, 4) is 0 Å². The van der Waals surface area contributed by atoms with E-state index in [-0.39, 0.29) is 6.61 Å². The van der Waals surface area contributed by atoms with E-state index in [1.807, 2.05) is 0 Å². The number of hydrogen-bond donors (Lipinski definition) is 1. The Morgan fingerprint density at radius 1 is 1.05 bits per heavy atom. The van der Waals surface area contributed by atoms with Crippen LogP contribution < -0.4 is 0 Å². The molecule has 0 saturated heterocycles. The quantitative estimate of drug-likeness (QED) is 0.918. The average molecular weight is 267 g/mol. The van der Waals surface area contributed by atoms with Gasteiger partial charge in [0.15, 0.2) is 0 Å². The van der Waals surface area contributed by atoms with Crippen molar-refractivity contribution in [2.24, 2.45) is 0 Å². The van der Waals surface area contributed by atoms with E-state index in [9.17, 15) is 0 Å². The highest BCUT2D eigenvalue weighted by atomic mass is 16.3. The molecule has 1 aliphatic heterocycles. The van der Waals surface area contributed by atoms with Gasteiger partial charge in [-0.1, -0.05) is 48.5 Å². The maximum atomic E-state index is 8.90. The van der Waals surface area contributed by atoms with Gasteiger partial charge in [-0.15, -0.1) is 0 Å². The molecule has 0 spiro atoms. The van der Waals surface area contributed by atoms with Crippen LogP contribution in [-0.4, -0.2) is 36.2 Å². The molecule has 0 fully saturated rings. The van der Waals surface area contributed by atoms with Crippen LogP contribution in [0.3, 0.4) is 0 Å². The van der Waals surface area contributed by atoms with Gasteiger partial charge in [-0.05, 0) is 34.8 Å². The van der Waals surface area contributed by atoms with E-state index in [4.69, 9.17) is 5.11 Å². The second-order valence-corrected chi connectivity index (χ2v) is 5.38. The van der Waals surface area contributed by atoms with E-state index < -0.39 is 0 Å². The number of fused-ring (bicyclic) bond motifs is 1. The summed E-state index contributed by atoms with van der Waals surface area (Å²) in [7, 11) is 0. The lowest BCUT2D eigenvalue weighted by atomic mass is 9.94. The molecule has 0 aromatic heterocycles. The Balaban J connectivity index is 1.84. The molecule has 104 valence electrons. The fourth-order valence-corrected chi connectivity index (χ4v) is 2.96. The van der Waals surface area contributed by atoms with E-state index in [0.717, 1.165) is 32.5 Å². The van der Waals surface area contributed by atoms with Crippen LogP contribution in [0.25, 0.3) is 16.3 Å². The lowest BCUT2D eigenvalue weighted by molar-refractivity contribution is 0.236. The smallest absolute Gasteiger partial charge is 0.0443 e. The largest absolute Gasteiger partial charge is 0.396 e. The van der Waals surface area contributed by atoms with E-state index in [0.29, 0.717) is 0 Å². The molecule has 2 heteroatoms. The minimum absolute atomic E-state index is 0.288. The van der Waals surface area contributed by atoms with Gasteiger partial charge in [0.25, 0.3) is 0 Å². The van der Waals surface area contributed by atoms with Gasteiger partial charge in [-0.2, -0.15) is 0 Å². The van der Waals surface area contributed by atoms with Gasteiger partial charge >= 0.3 is 0 Å². The van der Waals surface area contributed by atoms with Crippen molar-refractivity contribution in [1.29, 1.82) is 0 Å². The second-order valence-electron chi connectivity index (χ2n) is 5.38. The van der Waals surface area contributed by atoms with Crippen molar-refractivity contribution < 1.29 is 5.11 Å². The summed E-state index contributed by atoms with van der Waals surface area (Å²) in [4.78, 5) is 2.41. The van der Waals surface area contributed by atoms with Crippen LogP contribution in [-0.2, 0) is 0 Å². The molecule has 0 radical (unpaired) electrons. The fourth-order valence-electron chi connectivity index (χ4n) is 2.96. The normalized spacial score (nSPS) is 16.4. The summed E-state index contributed by atoms with van der Waals surface area (Å²) in [6.07, 6.45) is 4.32. The third-order valence-electron chi connectivity index (χ3n) is 4.06. The van der Waals surface area contributed by atoms with Crippen molar-refractivity contribution >= 4 is 16.3 Å². The molecule has 2 aromatic carbocycles. The number of rotatable bonds is 4.